The highest BCUT2D eigenvalue weighted by Gasteiger charge is 2.18. The summed E-state index contributed by atoms with van der Waals surface area (Å²) in [6.07, 6.45) is 2.01. The van der Waals surface area contributed by atoms with E-state index in [9.17, 15) is 0 Å². The molecule has 1 aliphatic heterocycles. The Labute approximate surface area is 79.3 Å². The van der Waals surface area contributed by atoms with Crippen LogP contribution in [0.1, 0.15) is 4.88 Å². The third kappa shape index (κ3) is 1.95. The van der Waals surface area contributed by atoms with Crippen molar-refractivity contribution in [2.75, 3.05) is 13.2 Å². The van der Waals surface area contributed by atoms with E-state index in [-0.39, 0.29) is 6.10 Å². The summed E-state index contributed by atoms with van der Waals surface area (Å²) in [5.74, 6) is 0. The third-order valence-electron chi connectivity index (χ3n) is 1.59. The van der Waals surface area contributed by atoms with Gasteiger partial charge in [0.2, 0.25) is 0 Å². The van der Waals surface area contributed by atoms with Gasteiger partial charge in [0.1, 0.15) is 6.10 Å². The van der Waals surface area contributed by atoms with Gasteiger partial charge in [0.05, 0.1) is 24.7 Å². The minimum atomic E-state index is 0.269. The van der Waals surface area contributed by atoms with E-state index < -0.39 is 0 Å². The second-order valence-electron chi connectivity index (χ2n) is 2.55. The quantitative estimate of drug-likeness (QED) is 0.753. The van der Waals surface area contributed by atoms with Crippen molar-refractivity contribution in [2.24, 2.45) is 0 Å². The van der Waals surface area contributed by atoms with E-state index in [1.807, 2.05) is 0 Å². The Morgan fingerprint density at radius 3 is 3.08 bits per heavy atom. The van der Waals surface area contributed by atoms with Crippen LogP contribution in [0, 0.1) is 0 Å². The average molecular weight is 206 g/mol. The predicted molar refractivity (Wildman–Crippen MR) is 46.5 cm³/mol. The van der Waals surface area contributed by atoms with Gasteiger partial charge in [0, 0.05) is 6.20 Å². The molecule has 0 radical (unpaired) electrons. The number of aromatic nitrogens is 1. The first-order chi connectivity index (χ1) is 5.84. The van der Waals surface area contributed by atoms with Gasteiger partial charge in [-0.05, 0) is 0 Å². The molecule has 1 aromatic rings. The average Bonchev–Trinajstić information content (AvgIpc) is 2.32. The van der Waals surface area contributed by atoms with Crippen LogP contribution in [0.3, 0.4) is 0 Å². The fourth-order valence-corrected chi connectivity index (χ4v) is 1.76. The topological polar surface area (TPSA) is 31.4 Å². The normalized spacial score (nSPS) is 17.8. The lowest BCUT2D eigenvalue weighted by atomic mass is 10.3. The van der Waals surface area contributed by atoms with Gasteiger partial charge >= 0.3 is 0 Å². The number of rotatable bonds is 3. The molecule has 0 saturated carbocycles. The Hall–Kier alpha value is -0.160. The fourth-order valence-electron chi connectivity index (χ4n) is 0.861. The maximum atomic E-state index is 5.65. The Kier molecular flexibility index (Phi) is 2.60. The lowest BCUT2D eigenvalue weighted by Crippen LogP contribution is -2.35. The summed E-state index contributed by atoms with van der Waals surface area (Å²) in [7, 11) is 0. The van der Waals surface area contributed by atoms with E-state index in [0.717, 1.165) is 4.88 Å². The maximum Gasteiger partial charge on any atom is 0.183 e. The highest BCUT2D eigenvalue weighted by atomic mass is 35.5. The molecule has 0 spiro atoms. The minimum Gasteiger partial charge on any atom is -0.376 e. The first-order valence-electron chi connectivity index (χ1n) is 3.64. The number of halogens is 1. The smallest absolute Gasteiger partial charge is 0.183 e. The molecule has 3 nitrogen and oxygen atoms in total. The van der Waals surface area contributed by atoms with Crippen LogP contribution in [0.4, 0.5) is 0 Å². The zero-order valence-electron chi connectivity index (χ0n) is 6.33. The molecular formula is C7H8ClNO2S. The van der Waals surface area contributed by atoms with Gasteiger partial charge in [-0.2, -0.15) is 0 Å². The van der Waals surface area contributed by atoms with Crippen molar-refractivity contribution in [3.8, 4) is 0 Å². The molecule has 0 unspecified atom stereocenters. The standard InChI is InChI=1S/C7H8ClNO2S/c8-7-9-1-6(12-7)4-11-5-2-10-3-5/h1,5H,2-4H2. The Morgan fingerprint density at radius 2 is 2.58 bits per heavy atom. The molecule has 1 saturated heterocycles. The van der Waals surface area contributed by atoms with Crippen LogP contribution in [-0.4, -0.2) is 24.3 Å². The second kappa shape index (κ2) is 3.70. The summed E-state index contributed by atoms with van der Waals surface area (Å²) in [5.41, 5.74) is 0. The van der Waals surface area contributed by atoms with Crippen LogP contribution in [0.25, 0.3) is 0 Å². The van der Waals surface area contributed by atoms with Crippen molar-refractivity contribution in [1.82, 2.24) is 4.98 Å². The Bertz CT molecular complexity index is 262. The highest BCUT2D eigenvalue weighted by molar-refractivity contribution is 7.15. The third-order valence-corrected chi connectivity index (χ3v) is 2.68. The highest BCUT2D eigenvalue weighted by Crippen LogP contribution is 2.19. The second-order valence-corrected chi connectivity index (χ2v) is 4.25. The largest absolute Gasteiger partial charge is 0.376 e. The first kappa shape index (κ1) is 8.44. The van der Waals surface area contributed by atoms with Gasteiger partial charge in [-0.3, -0.25) is 0 Å². The van der Waals surface area contributed by atoms with Crippen molar-refractivity contribution >= 4 is 22.9 Å². The summed E-state index contributed by atoms with van der Waals surface area (Å²) in [6, 6.07) is 0. The first-order valence-corrected chi connectivity index (χ1v) is 4.83. The van der Waals surface area contributed by atoms with Crippen LogP contribution in [0.2, 0.25) is 4.47 Å². The number of thiazole rings is 1. The van der Waals surface area contributed by atoms with E-state index in [1.165, 1.54) is 11.3 Å². The van der Waals surface area contributed by atoms with Gasteiger partial charge in [-0.1, -0.05) is 11.6 Å². The molecule has 1 aromatic heterocycles. The van der Waals surface area contributed by atoms with Gasteiger partial charge in [-0.25, -0.2) is 4.98 Å². The van der Waals surface area contributed by atoms with Crippen LogP contribution in [0.15, 0.2) is 6.20 Å². The molecule has 0 bridgehead atoms. The summed E-state index contributed by atoms with van der Waals surface area (Å²) < 4.78 is 11.0. The number of nitrogens with zero attached hydrogens (tertiary/aromatic N) is 1. The van der Waals surface area contributed by atoms with Gasteiger partial charge in [0.15, 0.2) is 4.47 Å². The van der Waals surface area contributed by atoms with Gasteiger partial charge in [0.25, 0.3) is 0 Å². The minimum absolute atomic E-state index is 0.269. The SMILES string of the molecule is Clc1ncc(COC2COC2)s1. The van der Waals surface area contributed by atoms with E-state index in [1.54, 1.807) is 6.20 Å². The van der Waals surface area contributed by atoms with E-state index in [2.05, 4.69) is 4.98 Å². The van der Waals surface area contributed by atoms with E-state index in [0.29, 0.717) is 24.3 Å². The predicted octanol–water partition coefficient (Wildman–Crippen LogP) is 1.71. The summed E-state index contributed by atoms with van der Waals surface area (Å²) in [4.78, 5) is 4.97. The van der Waals surface area contributed by atoms with Crippen molar-refractivity contribution in [2.45, 2.75) is 12.7 Å². The zero-order chi connectivity index (χ0) is 8.39. The molecule has 0 aromatic carbocycles. The fraction of sp³-hybridized carbons (Fsp3) is 0.571. The summed E-state index contributed by atoms with van der Waals surface area (Å²) in [6.45, 7) is 2.03. The van der Waals surface area contributed by atoms with Crippen LogP contribution in [0.5, 0.6) is 0 Å². The Balaban J connectivity index is 1.79. The molecule has 0 amide bonds. The number of ether oxygens (including phenoxy) is 2. The lowest BCUT2D eigenvalue weighted by Gasteiger charge is -2.25. The lowest BCUT2D eigenvalue weighted by molar-refractivity contribution is -0.134. The monoisotopic (exact) mass is 205 g/mol. The molecule has 0 N–H and O–H groups in total. The molecule has 0 atom stereocenters. The molecule has 1 fully saturated rings. The van der Waals surface area contributed by atoms with Crippen molar-refractivity contribution in [1.29, 1.82) is 0 Å². The molecular weight excluding hydrogens is 198 g/mol. The van der Waals surface area contributed by atoms with Gasteiger partial charge < -0.3 is 9.47 Å². The van der Waals surface area contributed by atoms with Gasteiger partial charge in [-0.15, -0.1) is 11.3 Å². The number of hydrogen-bond acceptors (Lipinski definition) is 4. The molecule has 1 aliphatic rings. The van der Waals surface area contributed by atoms with Crippen molar-refractivity contribution < 1.29 is 9.47 Å². The van der Waals surface area contributed by atoms with Crippen LogP contribution < -0.4 is 0 Å². The molecule has 12 heavy (non-hydrogen) atoms. The Morgan fingerprint density at radius 1 is 1.75 bits per heavy atom. The molecule has 2 heterocycles. The van der Waals surface area contributed by atoms with E-state index >= 15 is 0 Å². The van der Waals surface area contributed by atoms with Crippen LogP contribution in [-0.2, 0) is 16.1 Å². The molecule has 5 heteroatoms. The van der Waals surface area contributed by atoms with Crippen LogP contribution >= 0.6 is 22.9 Å². The van der Waals surface area contributed by atoms with E-state index in [4.69, 9.17) is 21.1 Å². The molecule has 0 aliphatic carbocycles. The summed E-state index contributed by atoms with van der Waals surface area (Å²) in [5, 5.41) is 0. The van der Waals surface area contributed by atoms with Crippen molar-refractivity contribution in [3.05, 3.63) is 15.5 Å². The molecule has 66 valence electrons. The van der Waals surface area contributed by atoms with Crippen molar-refractivity contribution in [3.63, 3.8) is 0 Å². The zero-order valence-corrected chi connectivity index (χ0v) is 7.90. The molecule has 2 rings (SSSR count). The number of hydrogen-bond donors (Lipinski definition) is 0. The maximum absolute atomic E-state index is 5.65. The summed E-state index contributed by atoms with van der Waals surface area (Å²) >= 11 is 7.10.